The number of hydrogen-bond donors (Lipinski definition) is 2. The van der Waals surface area contributed by atoms with Gasteiger partial charge in [-0.2, -0.15) is 13.5 Å². The first-order chi connectivity index (χ1) is 14.9. The first-order valence-corrected chi connectivity index (χ1v) is 11.2. The third-order valence-electron chi connectivity index (χ3n) is 4.00. The molecule has 11 heteroatoms. The topological polar surface area (TPSA) is 140 Å². The normalized spacial score (nSPS) is 11.7. The van der Waals surface area contributed by atoms with E-state index < -0.39 is 10.1 Å². The van der Waals surface area contributed by atoms with Crippen molar-refractivity contribution in [3.05, 3.63) is 53.7 Å². The van der Waals surface area contributed by atoms with Gasteiger partial charge in [0.15, 0.2) is 5.82 Å². The summed E-state index contributed by atoms with van der Waals surface area (Å²) in [5.74, 6) is 0.0102. The Hall–Kier alpha value is -2.73. The van der Waals surface area contributed by atoms with E-state index in [0.717, 1.165) is 0 Å². The number of benzene rings is 1. The van der Waals surface area contributed by atoms with Gasteiger partial charge in [-0.05, 0) is 37.1 Å². The van der Waals surface area contributed by atoms with Gasteiger partial charge in [0.25, 0.3) is 16.0 Å². The SMILES string of the molecule is CCOCCOCCCNC(=O)c1ccc(N=NCc2ccccc2S(=O)(=O)O)nc1. The third-order valence-corrected chi connectivity index (χ3v) is 4.96. The molecule has 1 aromatic heterocycles. The average Bonchev–Trinajstić information content (AvgIpc) is 2.75. The maximum atomic E-state index is 12.1. The second-order valence-corrected chi connectivity index (χ2v) is 7.70. The standard InChI is InChI=1S/C20H26N4O6S/c1-2-29-12-13-30-11-5-10-21-20(25)17-8-9-19(22-14-17)24-23-15-16-6-3-4-7-18(16)31(26,27)28/h3-4,6-9,14H,2,5,10-13,15H2,1H3,(H,21,25)(H,26,27,28). The Bertz CT molecular complexity index is 964. The van der Waals surface area contributed by atoms with Crippen molar-refractivity contribution in [1.82, 2.24) is 10.3 Å². The summed E-state index contributed by atoms with van der Waals surface area (Å²) in [6.45, 7) is 4.64. The lowest BCUT2D eigenvalue weighted by molar-refractivity contribution is 0.0518. The van der Waals surface area contributed by atoms with Crippen LogP contribution in [0.4, 0.5) is 5.82 Å². The molecule has 0 saturated heterocycles. The van der Waals surface area contributed by atoms with E-state index in [-0.39, 0.29) is 23.2 Å². The molecule has 0 saturated carbocycles. The van der Waals surface area contributed by atoms with Gasteiger partial charge in [-0.25, -0.2) is 4.98 Å². The predicted molar refractivity (Wildman–Crippen MR) is 113 cm³/mol. The van der Waals surface area contributed by atoms with Crippen LogP contribution < -0.4 is 5.32 Å². The molecule has 0 atom stereocenters. The van der Waals surface area contributed by atoms with Gasteiger partial charge in [0.2, 0.25) is 0 Å². The number of aromatic nitrogens is 1. The molecule has 0 aliphatic heterocycles. The number of carbonyl (C=O) groups is 1. The van der Waals surface area contributed by atoms with E-state index in [2.05, 4.69) is 20.5 Å². The molecule has 0 aliphatic rings. The first kappa shape index (κ1) is 24.5. The second kappa shape index (κ2) is 12.8. The van der Waals surface area contributed by atoms with E-state index in [9.17, 15) is 17.8 Å². The van der Waals surface area contributed by atoms with Crippen LogP contribution in [0.2, 0.25) is 0 Å². The molecule has 0 spiro atoms. The summed E-state index contributed by atoms with van der Waals surface area (Å²) in [7, 11) is -4.34. The van der Waals surface area contributed by atoms with Crippen molar-refractivity contribution in [2.45, 2.75) is 24.8 Å². The zero-order valence-electron chi connectivity index (χ0n) is 17.2. The minimum Gasteiger partial charge on any atom is -0.379 e. The zero-order chi connectivity index (χ0) is 22.5. The quantitative estimate of drug-likeness (QED) is 0.272. The first-order valence-electron chi connectivity index (χ1n) is 9.74. The Morgan fingerprint density at radius 3 is 2.61 bits per heavy atom. The largest absolute Gasteiger partial charge is 0.379 e. The number of amides is 1. The van der Waals surface area contributed by atoms with Crippen LogP contribution in [0.5, 0.6) is 0 Å². The molecule has 2 rings (SSSR count). The van der Waals surface area contributed by atoms with Crippen molar-refractivity contribution < 1.29 is 27.2 Å². The van der Waals surface area contributed by atoms with Gasteiger partial charge in [-0.1, -0.05) is 18.2 Å². The van der Waals surface area contributed by atoms with Crippen molar-refractivity contribution in [1.29, 1.82) is 0 Å². The third kappa shape index (κ3) is 8.89. The number of nitrogens with one attached hydrogen (secondary N) is 1. The van der Waals surface area contributed by atoms with Gasteiger partial charge in [-0.15, -0.1) is 5.11 Å². The molecule has 168 valence electrons. The Morgan fingerprint density at radius 2 is 1.90 bits per heavy atom. The molecule has 1 amide bonds. The van der Waals surface area contributed by atoms with E-state index in [0.29, 0.717) is 50.5 Å². The molecule has 0 fully saturated rings. The highest BCUT2D eigenvalue weighted by Gasteiger charge is 2.14. The fourth-order valence-corrected chi connectivity index (χ4v) is 3.21. The minimum absolute atomic E-state index is 0.0491. The highest BCUT2D eigenvalue weighted by atomic mass is 32.2. The van der Waals surface area contributed by atoms with Crippen molar-refractivity contribution in [3.8, 4) is 0 Å². The van der Waals surface area contributed by atoms with Crippen LogP contribution in [0.1, 0.15) is 29.3 Å². The number of nitrogens with zero attached hydrogens (tertiary/aromatic N) is 3. The lowest BCUT2D eigenvalue weighted by Gasteiger charge is -2.06. The summed E-state index contributed by atoms with van der Waals surface area (Å²) in [6.07, 6.45) is 2.07. The monoisotopic (exact) mass is 450 g/mol. The van der Waals surface area contributed by atoms with Crippen LogP contribution in [-0.2, 0) is 26.1 Å². The molecular weight excluding hydrogens is 424 g/mol. The number of rotatable bonds is 13. The van der Waals surface area contributed by atoms with E-state index in [1.54, 1.807) is 12.1 Å². The molecule has 2 N–H and O–H groups in total. The maximum Gasteiger partial charge on any atom is 0.294 e. The number of ether oxygens (including phenoxy) is 2. The summed E-state index contributed by atoms with van der Waals surface area (Å²) in [4.78, 5) is 16.0. The molecule has 0 aliphatic carbocycles. The lowest BCUT2D eigenvalue weighted by atomic mass is 10.2. The smallest absolute Gasteiger partial charge is 0.294 e. The Kier molecular flexibility index (Phi) is 10.2. The molecular formula is C20H26N4O6S. The van der Waals surface area contributed by atoms with Gasteiger partial charge in [0.1, 0.15) is 0 Å². The Labute approximate surface area is 181 Å². The summed E-state index contributed by atoms with van der Waals surface area (Å²) in [5, 5.41) is 10.6. The summed E-state index contributed by atoms with van der Waals surface area (Å²) in [6, 6.07) is 9.07. The molecule has 1 aromatic carbocycles. The minimum atomic E-state index is -4.34. The van der Waals surface area contributed by atoms with Crippen LogP contribution in [0, 0.1) is 0 Å². The van der Waals surface area contributed by atoms with Crippen LogP contribution in [0.25, 0.3) is 0 Å². The van der Waals surface area contributed by atoms with Crippen molar-refractivity contribution in [2.75, 3.05) is 33.0 Å². The molecule has 1 heterocycles. The fraction of sp³-hybridized carbons (Fsp3) is 0.400. The molecule has 0 unspecified atom stereocenters. The van der Waals surface area contributed by atoms with Crippen molar-refractivity contribution in [2.24, 2.45) is 10.2 Å². The fourth-order valence-electron chi connectivity index (χ4n) is 2.49. The van der Waals surface area contributed by atoms with Gasteiger partial charge >= 0.3 is 0 Å². The van der Waals surface area contributed by atoms with Crippen molar-refractivity contribution in [3.63, 3.8) is 0 Å². The zero-order valence-corrected chi connectivity index (χ0v) is 18.0. The van der Waals surface area contributed by atoms with Crippen LogP contribution in [0.3, 0.4) is 0 Å². The summed E-state index contributed by atoms with van der Waals surface area (Å²) in [5.41, 5.74) is 0.694. The van der Waals surface area contributed by atoms with E-state index in [4.69, 9.17) is 9.47 Å². The molecule has 0 bridgehead atoms. The summed E-state index contributed by atoms with van der Waals surface area (Å²) >= 11 is 0. The van der Waals surface area contributed by atoms with Crippen LogP contribution >= 0.6 is 0 Å². The van der Waals surface area contributed by atoms with E-state index in [1.807, 2.05) is 6.92 Å². The van der Waals surface area contributed by atoms with E-state index >= 15 is 0 Å². The number of hydrogen-bond acceptors (Lipinski definition) is 8. The van der Waals surface area contributed by atoms with Crippen LogP contribution in [0.15, 0.2) is 57.7 Å². The number of azo groups is 1. The lowest BCUT2D eigenvalue weighted by Crippen LogP contribution is -2.25. The molecule has 31 heavy (non-hydrogen) atoms. The second-order valence-electron chi connectivity index (χ2n) is 6.31. The van der Waals surface area contributed by atoms with E-state index in [1.165, 1.54) is 30.5 Å². The van der Waals surface area contributed by atoms with Gasteiger partial charge in [0, 0.05) is 26.0 Å². The maximum absolute atomic E-state index is 12.1. The molecule has 10 nitrogen and oxygen atoms in total. The highest BCUT2D eigenvalue weighted by Crippen LogP contribution is 2.17. The molecule has 0 radical (unpaired) electrons. The highest BCUT2D eigenvalue weighted by molar-refractivity contribution is 7.85. The predicted octanol–water partition coefficient (Wildman–Crippen LogP) is 2.79. The number of pyridine rings is 1. The van der Waals surface area contributed by atoms with Gasteiger partial charge < -0.3 is 14.8 Å². The Balaban J connectivity index is 1.78. The van der Waals surface area contributed by atoms with Crippen molar-refractivity contribution >= 4 is 21.8 Å². The Morgan fingerprint density at radius 1 is 1.13 bits per heavy atom. The van der Waals surface area contributed by atoms with Gasteiger partial charge in [-0.3, -0.25) is 9.35 Å². The average molecular weight is 451 g/mol. The number of carbonyl (C=O) groups excluding carboxylic acids is 1. The van der Waals surface area contributed by atoms with Crippen LogP contribution in [-0.4, -0.2) is 56.8 Å². The summed E-state index contributed by atoms with van der Waals surface area (Å²) < 4.78 is 42.5. The molecule has 2 aromatic rings. The van der Waals surface area contributed by atoms with Gasteiger partial charge in [0.05, 0.1) is 30.2 Å².